The number of rotatable bonds is 7. The van der Waals surface area contributed by atoms with Gasteiger partial charge in [0.1, 0.15) is 6.61 Å². The molecule has 0 bridgehead atoms. The highest BCUT2D eigenvalue weighted by atomic mass is 35.5. The molecule has 0 fully saturated rings. The van der Waals surface area contributed by atoms with Crippen molar-refractivity contribution in [1.29, 1.82) is 0 Å². The number of esters is 1. The van der Waals surface area contributed by atoms with Crippen molar-refractivity contribution in [2.75, 3.05) is 20.5 Å². The van der Waals surface area contributed by atoms with E-state index in [1.54, 1.807) is 31.4 Å². The summed E-state index contributed by atoms with van der Waals surface area (Å²) in [5.41, 5.74) is 0.730. The second-order valence-corrected chi connectivity index (χ2v) is 5.63. The fraction of sp³-hybridized carbons (Fsp3) is 0.278. The van der Waals surface area contributed by atoms with Crippen LogP contribution >= 0.6 is 11.6 Å². The largest absolute Gasteiger partial charge is 0.493 e. The molecule has 0 N–H and O–H groups in total. The first kappa shape index (κ1) is 17.2. The van der Waals surface area contributed by atoms with Crippen LogP contribution in [-0.2, 0) is 16.1 Å². The Labute approximate surface area is 150 Å². The molecule has 0 radical (unpaired) electrons. The fourth-order valence-electron chi connectivity index (χ4n) is 2.32. The van der Waals surface area contributed by atoms with Crippen LogP contribution in [0.4, 0.5) is 0 Å². The quantitative estimate of drug-likeness (QED) is 0.700. The first-order valence-corrected chi connectivity index (χ1v) is 8.04. The van der Waals surface area contributed by atoms with E-state index in [9.17, 15) is 4.79 Å². The summed E-state index contributed by atoms with van der Waals surface area (Å²) < 4.78 is 26.5. The highest BCUT2D eigenvalue weighted by molar-refractivity contribution is 6.32. The molecule has 1 aliphatic rings. The second-order valence-electron chi connectivity index (χ2n) is 5.22. The van der Waals surface area contributed by atoms with E-state index in [0.29, 0.717) is 28.0 Å². The zero-order valence-corrected chi connectivity index (χ0v) is 14.4. The van der Waals surface area contributed by atoms with Crippen LogP contribution in [0.25, 0.3) is 0 Å². The van der Waals surface area contributed by atoms with Gasteiger partial charge in [0.05, 0.1) is 25.2 Å². The minimum Gasteiger partial charge on any atom is -0.493 e. The van der Waals surface area contributed by atoms with E-state index in [2.05, 4.69) is 0 Å². The summed E-state index contributed by atoms with van der Waals surface area (Å²) in [6.45, 7) is 0.434. The zero-order valence-electron chi connectivity index (χ0n) is 13.6. The Morgan fingerprint density at radius 2 is 2.00 bits per heavy atom. The first-order chi connectivity index (χ1) is 12.2. The third-order valence-corrected chi connectivity index (χ3v) is 3.80. The van der Waals surface area contributed by atoms with Gasteiger partial charge in [0, 0.05) is 0 Å². The normalized spacial score (nSPS) is 11.9. The van der Waals surface area contributed by atoms with E-state index in [0.717, 1.165) is 5.56 Å². The van der Waals surface area contributed by atoms with Gasteiger partial charge in [-0.3, -0.25) is 4.79 Å². The van der Waals surface area contributed by atoms with Crippen LogP contribution < -0.4 is 18.9 Å². The first-order valence-electron chi connectivity index (χ1n) is 7.67. The molecule has 1 heterocycles. The molecule has 7 heteroatoms. The molecule has 0 aromatic heterocycles. The van der Waals surface area contributed by atoms with E-state index >= 15 is 0 Å². The number of halogens is 1. The van der Waals surface area contributed by atoms with Gasteiger partial charge in [0.15, 0.2) is 23.0 Å². The van der Waals surface area contributed by atoms with Gasteiger partial charge in [-0.2, -0.15) is 0 Å². The third kappa shape index (κ3) is 4.28. The molecule has 2 aromatic carbocycles. The van der Waals surface area contributed by atoms with Gasteiger partial charge >= 0.3 is 5.97 Å². The van der Waals surface area contributed by atoms with Gasteiger partial charge in [-0.15, -0.1) is 0 Å². The molecule has 0 unspecified atom stereocenters. The van der Waals surface area contributed by atoms with E-state index in [1.807, 2.05) is 12.1 Å². The van der Waals surface area contributed by atoms with Crippen LogP contribution in [0.2, 0.25) is 5.02 Å². The number of hydrogen-bond donors (Lipinski definition) is 0. The van der Waals surface area contributed by atoms with Crippen LogP contribution in [0.15, 0.2) is 36.4 Å². The van der Waals surface area contributed by atoms with Crippen molar-refractivity contribution in [2.45, 2.75) is 13.0 Å². The summed E-state index contributed by atoms with van der Waals surface area (Å²) in [5.74, 6) is 1.90. The Morgan fingerprint density at radius 1 is 1.20 bits per heavy atom. The number of benzene rings is 2. The molecule has 0 saturated heterocycles. The zero-order chi connectivity index (χ0) is 17.6. The lowest BCUT2D eigenvalue weighted by molar-refractivity contribution is -0.145. The summed E-state index contributed by atoms with van der Waals surface area (Å²) in [6, 6.07) is 10.7. The van der Waals surface area contributed by atoms with Crippen LogP contribution in [0, 0.1) is 0 Å². The van der Waals surface area contributed by atoms with E-state index < -0.39 is 0 Å². The number of fused-ring (bicyclic) bond motifs is 1. The maximum atomic E-state index is 11.9. The Morgan fingerprint density at radius 3 is 2.80 bits per heavy atom. The molecule has 25 heavy (non-hydrogen) atoms. The number of carbonyl (C=O) groups excluding carboxylic acids is 1. The van der Waals surface area contributed by atoms with Crippen LogP contribution in [0.5, 0.6) is 23.0 Å². The lowest BCUT2D eigenvalue weighted by Gasteiger charge is -2.10. The van der Waals surface area contributed by atoms with Gasteiger partial charge in [-0.05, 0) is 29.8 Å². The van der Waals surface area contributed by atoms with Crippen molar-refractivity contribution >= 4 is 17.6 Å². The molecule has 1 aliphatic heterocycles. The summed E-state index contributed by atoms with van der Waals surface area (Å²) in [7, 11) is 1.56. The van der Waals surface area contributed by atoms with Crippen LogP contribution in [0.1, 0.15) is 12.0 Å². The molecule has 2 aromatic rings. The number of methoxy groups -OCH3 is 1. The minimum absolute atomic E-state index is 0.101. The molecule has 0 saturated carbocycles. The van der Waals surface area contributed by atoms with Crippen molar-refractivity contribution in [3.8, 4) is 23.0 Å². The number of ether oxygens (including phenoxy) is 5. The predicted molar refractivity (Wildman–Crippen MR) is 90.5 cm³/mol. The number of hydrogen-bond acceptors (Lipinski definition) is 6. The predicted octanol–water partition coefficient (Wildman–Crippen LogP) is 3.59. The summed E-state index contributed by atoms with van der Waals surface area (Å²) >= 11 is 6.09. The summed E-state index contributed by atoms with van der Waals surface area (Å²) in [4.78, 5) is 11.9. The average Bonchev–Trinajstić information content (AvgIpc) is 3.09. The molecule has 0 atom stereocenters. The topological polar surface area (TPSA) is 63.2 Å². The summed E-state index contributed by atoms with van der Waals surface area (Å²) in [5, 5.41) is 0.431. The summed E-state index contributed by atoms with van der Waals surface area (Å²) in [6.07, 6.45) is 0.121. The molecule has 3 rings (SSSR count). The van der Waals surface area contributed by atoms with Crippen LogP contribution in [0.3, 0.4) is 0 Å². The van der Waals surface area contributed by atoms with Gasteiger partial charge in [0.25, 0.3) is 0 Å². The maximum Gasteiger partial charge on any atom is 0.309 e. The third-order valence-electron chi connectivity index (χ3n) is 3.52. The Kier molecular flexibility index (Phi) is 5.50. The van der Waals surface area contributed by atoms with Crippen molar-refractivity contribution in [2.24, 2.45) is 0 Å². The molecule has 6 nitrogen and oxygen atoms in total. The van der Waals surface area contributed by atoms with Gasteiger partial charge < -0.3 is 23.7 Å². The second kappa shape index (κ2) is 7.98. The van der Waals surface area contributed by atoms with E-state index in [1.165, 1.54) is 0 Å². The highest BCUT2D eigenvalue weighted by Crippen LogP contribution is 2.39. The van der Waals surface area contributed by atoms with Crippen molar-refractivity contribution in [3.63, 3.8) is 0 Å². The maximum absolute atomic E-state index is 11.9. The molecule has 0 aliphatic carbocycles. The SMILES string of the molecule is COc1ccccc1OCCC(=O)OCc1cc(Cl)c2c(c1)OCO2. The highest BCUT2D eigenvalue weighted by Gasteiger charge is 2.18. The van der Waals surface area contributed by atoms with Crippen molar-refractivity contribution in [3.05, 3.63) is 47.0 Å². The standard InChI is InChI=1S/C18H17ClO6/c1-21-14-4-2-3-5-15(14)22-7-6-17(20)23-10-12-8-13(19)18-16(9-12)24-11-25-18/h2-5,8-9H,6-7,10-11H2,1H3. The van der Waals surface area contributed by atoms with Gasteiger partial charge in [0.2, 0.25) is 6.79 Å². The van der Waals surface area contributed by atoms with E-state index in [4.69, 9.17) is 35.3 Å². The Balaban J connectivity index is 1.46. The Bertz CT molecular complexity index is 761. The molecule has 132 valence electrons. The fourth-order valence-corrected chi connectivity index (χ4v) is 2.61. The minimum atomic E-state index is -0.372. The lowest BCUT2D eigenvalue weighted by Crippen LogP contribution is -2.10. The van der Waals surface area contributed by atoms with Crippen LogP contribution in [-0.4, -0.2) is 26.5 Å². The van der Waals surface area contributed by atoms with Gasteiger partial charge in [-0.25, -0.2) is 0 Å². The Hall–Kier alpha value is -2.60. The van der Waals surface area contributed by atoms with E-state index in [-0.39, 0.29) is 32.4 Å². The van der Waals surface area contributed by atoms with Gasteiger partial charge in [-0.1, -0.05) is 23.7 Å². The molecular formula is C18H17ClO6. The smallest absolute Gasteiger partial charge is 0.309 e. The number of para-hydroxylation sites is 2. The average molecular weight is 365 g/mol. The molecule has 0 amide bonds. The molecular weight excluding hydrogens is 348 g/mol. The molecule has 0 spiro atoms. The monoisotopic (exact) mass is 364 g/mol. The lowest BCUT2D eigenvalue weighted by atomic mass is 10.2. The van der Waals surface area contributed by atoms with Crippen molar-refractivity contribution in [1.82, 2.24) is 0 Å². The number of carbonyl (C=O) groups is 1. The van der Waals surface area contributed by atoms with Crippen molar-refractivity contribution < 1.29 is 28.5 Å².